The van der Waals surface area contributed by atoms with E-state index in [2.05, 4.69) is 62.3 Å². The van der Waals surface area contributed by atoms with Crippen LogP contribution in [0.3, 0.4) is 0 Å². The van der Waals surface area contributed by atoms with E-state index in [0.29, 0.717) is 12.0 Å². The molecule has 1 atom stereocenters. The highest BCUT2D eigenvalue weighted by atomic mass is 79.9. The molecule has 0 radical (unpaired) electrons. The molecular weight excluding hydrogens is 390 g/mol. The molecule has 0 bridgehead atoms. The summed E-state index contributed by atoms with van der Waals surface area (Å²) in [5.41, 5.74) is 3.92. The molecule has 2 N–H and O–H groups in total. The van der Waals surface area contributed by atoms with Crippen molar-refractivity contribution >= 4 is 33.4 Å². The summed E-state index contributed by atoms with van der Waals surface area (Å²) in [6.45, 7) is 6.31. The summed E-state index contributed by atoms with van der Waals surface area (Å²) in [5.74, 6) is 1.35. The minimum Gasteiger partial charge on any atom is -0.352 e. The summed E-state index contributed by atoms with van der Waals surface area (Å²) in [4.78, 5) is 13.5. The average Bonchev–Trinajstić information content (AvgIpc) is 2.66. The number of nitrogens with zero attached hydrogens (tertiary/aromatic N) is 3. The fourth-order valence-corrected chi connectivity index (χ4v) is 2.81. The Bertz CT molecular complexity index is 883. The highest BCUT2D eigenvalue weighted by molar-refractivity contribution is 9.10. The average molecular weight is 412 g/mol. The van der Waals surface area contributed by atoms with Gasteiger partial charge in [-0.1, -0.05) is 28.9 Å². The van der Waals surface area contributed by atoms with Crippen molar-refractivity contribution in [3.8, 4) is 11.3 Å². The third kappa shape index (κ3) is 4.38. The van der Waals surface area contributed by atoms with Crippen molar-refractivity contribution in [2.45, 2.75) is 33.2 Å². The normalized spacial score (nSPS) is 11.8. The second-order valence-corrected chi connectivity index (χ2v) is 7.05. The van der Waals surface area contributed by atoms with Crippen LogP contribution in [0.4, 0.5) is 17.5 Å². The van der Waals surface area contributed by atoms with Gasteiger partial charge in [-0.25, -0.2) is 4.98 Å². The van der Waals surface area contributed by atoms with Crippen molar-refractivity contribution in [1.82, 2.24) is 15.0 Å². The summed E-state index contributed by atoms with van der Waals surface area (Å²) in [6, 6.07) is 12.2. The Morgan fingerprint density at radius 1 is 1.15 bits per heavy atom. The molecule has 5 nitrogen and oxygen atoms in total. The maximum absolute atomic E-state index is 4.66. The first kappa shape index (κ1) is 18.3. The largest absolute Gasteiger partial charge is 0.352 e. The van der Waals surface area contributed by atoms with Gasteiger partial charge in [-0.2, -0.15) is 4.98 Å². The molecule has 134 valence electrons. The van der Waals surface area contributed by atoms with Crippen LogP contribution in [0, 0.1) is 6.92 Å². The fraction of sp³-hybridized carbons (Fsp3) is 0.250. The van der Waals surface area contributed by atoms with Gasteiger partial charge in [-0.15, -0.1) is 0 Å². The molecule has 26 heavy (non-hydrogen) atoms. The van der Waals surface area contributed by atoms with E-state index in [0.717, 1.165) is 39.2 Å². The number of benzene rings is 1. The monoisotopic (exact) mass is 411 g/mol. The van der Waals surface area contributed by atoms with Crippen molar-refractivity contribution in [2.75, 3.05) is 10.6 Å². The Balaban J connectivity index is 2.00. The molecule has 0 aliphatic rings. The Morgan fingerprint density at radius 3 is 2.73 bits per heavy atom. The minimum absolute atomic E-state index is 0.291. The first-order valence-electron chi connectivity index (χ1n) is 8.65. The maximum atomic E-state index is 4.66. The minimum atomic E-state index is 0.291. The molecule has 2 aromatic heterocycles. The SMILES string of the molecule is CC[C@@H](C)Nc1nc(Nc2cccc(Br)c2C)cc(-c2cccnc2)n1. The first-order valence-corrected chi connectivity index (χ1v) is 9.44. The summed E-state index contributed by atoms with van der Waals surface area (Å²) in [7, 11) is 0. The Kier molecular flexibility index (Phi) is 5.83. The smallest absolute Gasteiger partial charge is 0.225 e. The number of hydrogen-bond donors (Lipinski definition) is 2. The number of aromatic nitrogens is 3. The molecule has 0 unspecified atom stereocenters. The molecule has 0 saturated carbocycles. The van der Waals surface area contributed by atoms with E-state index in [4.69, 9.17) is 0 Å². The quantitative estimate of drug-likeness (QED) is 0.555. The lowest BCUT2D eigenvalue weighted by Gasteiger charge is -2.15. The zero-order chi connectivity index (χ0) is 18.5. The standard InChI is InChI=1S/C20H22BrN5/c1-4-13(2)23-20-25-18(15-7-6-10-22-12-15)11-19(26-20)24-17-9-5-8-16(21)14(17)3/h5-13H,4H2,1-3H3,(H2,23,24,25,26)/t13-/m1/s1. The first-order chi connectivity index (χ1) is 12.6. The van der Waals surface area contributed by atoms with E-state index in [1.807, 2.05) is 42.6 Å². The highest BCUT2D eigenvalue weighted by Crippen LogP contribution is 2.28. The number of hydrogen-bond acceptors (Lipinski definition) is 5. The lowest BCUT2D eigenvalue weighted by Crippen LogP contribution is -2.16. The lowest BCUT2D eigenvalue weighted by molar-refractivity contribution is 0.753. The molecule has 6 heteroatoms. The molecule has 0 amide bonds. The third-order valence-corrected chi connectivity index (χ3v) is 5.06. The second kappa shape index (κ2) is 8.27. The summed E-state index contributed by atoms with van der Waals surface area (Å²) in [6.07, 6.45) is 4.56. The van der Waals surface area contributed by atoms with Gasteiger partial charge in [0.15, 0.2) is 0 Å². The van der Waals surface area contributed by atoms with Crippen LogP contribution < -0.4 is 10.6 Å². The van der Waals surface area contributed by atoms with Gasteiger partial charge in [0.1, 0.15) is 5.82 Å². The van der Waals surface area contributed by atoms with Crippen LogP contribution >= 0.6 is 15.9 Å². The predicted molar refractivity (Wildman–Crippen MR) is 111 cm³/mol. The van der Waals surface area contributed by atoms with Gasteiger partial charge in [0.25, 0.3) is 0 Å². The topological polar surface area (TPSA) is 62.7 Å². The molecular formula is C20H22BrN5. The van der Waals surface area contributed by atoms with Crippen molar-refractivity contribution < 1.29 is 0 Å². The van der Waals surface area contributed by atoms with E-state index in [9.17, 15) is 0 Å². The molecule has 3 aromatic rings. The molecule has 3 rings (SSSR count). The summed E-state index contributed by atoms with van der Waals surface area (Å²) >= 11 is 3.57. The van der Waals surface area contributed by atoms with Crippen molar-refractivity contribution in [1.29, 1.82) is 0 Å². The Hall–Kier alpha value is -2.47. The molecule has 0 fully saturated rings. The zero-order valence-corrected chi connectivity index (χ0v) is 16.7. The van der Waals surface area contributed by atoms with Crippen LogP contribution in [0.1, 0.15) is 25.8 Å². The zero-order valence-electron chi connectivity index (χ0n) is 15.1. The van der Waals surface area contributed by atoms with Crippen LogP contribution in [0.25, 0.3) is 11.3 Å². The third-order valence-electron chi connectivity index (χ3n) is 4.20. The molecule has 0 aliphatic heterocycles. The fourth-order valence-electron chi connectivity index (χ4n) is 2.44. The van der Waals surface area contributed by atoms with Gasteiger partial charge in [0.05, 0.1) is 5.69 Å². The van der Waals surface area contributed by atoms with Crippen LogP contribution in [0.15, 0.2) is 53.3 Å². The second-order valence-electron chi connectivity index (χ2n) is 6.19. The van der Waals surface area contributed by atoms with Gasteiger partial charge < -0.3 is 10.6 Å². The molecule has 0 aliphatic carbocycles. The summed E-state index contributed by atoms with van der Waals surface area (Å²) < 4.78 is 1.06. The van der Waals surface area contributed by atoms with Crippen LogP contribution in [-0.4, -0.2) is 21.0 Å². The van der Waals surface area contributed by atoms with Crippen molar-refractivity contribution in [3.05, 3.63) is 58.8 Å². The van der Waals surface area contributed by atoms with Crippen LogP contribution in [0.5, 0.6) is 0 Å². The van der Waals surface area contributed by atoms with Crippen LogP contribution in [-0.2, 0) is 0 Å². The van der Waals surface area contributed by atoms with Crippen molar-refractivity contribution in [3.63, 3.8) is 0 Å². The maximum Gasteiger partial charge on any atom is 0.225 e. The molecule has 0 spiro atoms. The van der Waals surface area contributed by atoms with E-state index in [-0.39, 0.29) is 0 Å². The van der Waals surface area contributed by atoms with Crippen molar-refractivity contribution in [2.24, 2.45) is 0 Å². The van der Waals surface area contributed by atoms with Crippen LogP contribution in [0.2, 0.25) is 0 Å². The number of anilines is 3. The van der Waals surface area contributed by atoms with Gasteiger partial charge in [0, 0.05) is 40.2 Å². The Morgan fingerprint density at radius 2 is 2.00 bits per heavy atom. The highest BCUT2D eigenvalue weighted by Gasteiger charge is 2.10. The molecule has 1 aromatic carbocycles. The van der Waals surface area contributed by atoms with Gasteiger partial charge in [-0.3, -0.25) is 4.98 Å². The van der Waals surface area contributed by atoms with E-state index < -0.39 is 0 Å². The molecule has 2 heterocycles. The van der Waals surface area contributed by atoms with E-state index >= 15 is 0 Å². The van der Waals surface area contributed by atoms with E-state index in [1.165, 1.54) is 0 Å². The Labute approximate surface area is 162 Å². The lowest BCUT2D eigenvalue weighted by atomic mass is 10.2. The van der Waals surface area contributed by atoms with Gasteiger partial charge >= 0.3 is 0 Å². The number of nitrogens with one attached hydrogen (secondary N) is 2. The predicted octanol–water partition coefficient (Wildman–Crippen LogP) is 5.56. The van der Waals surface area contributed by atoms with Gasteiger partial charge in [0.2, 0.25) is 5.95 Å². The van der Waals surface area contributed by atoms with Gasteiger partial charge in [-0.05, 0) is 50.1 Å². The summed E-state index contributed by atoms with van der Waals surface area (Å²) in [5, 5.41) is 6.78. The van der Waals surface area contributed by atoms with E-state index in [1.54, 1.807) is 6.20 Å². The molecule has 0 saturated heterocycles. The number of halogens is 1. The number of rotatable bonds is 6. The number of pyridine rings is 1.